The number of benzene rings is 2. The number of rotatable bonds is 12. The van der Waals surface area contributed by atoms with Gasteiger partial charge in [0.05, 0.1) is 17.7 Å². The molecule has 1 heterocycles. The Morgan fingerprint density at radius 1 is 1.03 bits per heavy atom. The Hall–Kier alpha value is -3.50. The lowest BCUT2D eigenvalue weighted by atomic mass is 10.1. The summed E-state index contributed by atoms with van der Waals surface area (Å²) in [7, 11) is -3.56. The van der Waals surface area contributed by atoms with Crippen LogP contribution in [0.2, 0.25) is 0 Å². The molecule has 2 amide bonds. The van der Waals surface area contributed by atoms with Crippen molar-refractivity contribution in [1.29, 1.82) is 0 Å². The van der Waals surface area contributed by atoms with Gasteiger partial charge in [0.25, 0.3) is 0 Å². The van der Waals surface area contributed by atoms with E-state index in [1.165, 1.54) is 35.4 Å². The lowest BCUT2D eigenvalue weighted by Crippen LogP contribution is -2.47. The smallest absolute Gasteiger partial charge is 0.242 e. The van der Waals surface area contributed by atoms with Crippen LogP contribution in [0.5, 0.6) is 0 Å². The van der Waals surface area contributed by atoms with Crippen molar-refractivity contribution in [3.8, 4) is 0 Å². The van der Waals surface area contributed by atoms with Gasteiger partial charge in [0.1, 0.15) is 17.6 Å². The van der Waals surface area contributed by atoms with Crippen molar-refractivity contribution in [3.05, 3.63) is 89.6 Å². The van der Waals surface area contributed by atoms with E-state index in [9.17, 15) is 22.4 Å². The van der Waals surface area contributed by atoms with Gasteiger partial charge in [-0.15, -0.1) is 0 Å². The number of hydrogen-bond acceptors (Lipinski definition) is 5. The van der Waals surface area contributed by atoms with Crippen molar-refractivity contribution in [2.45, 2.75) is 50.7 Å². The van der Waals surface area contributed by atoms with Crippen molar-refractivity contribution < 1.29 is 26.8 Å². The fraction of sp³-hybridized carbons (Fsp3) is 0.308. The summed E-state index contributed by atoms with van der Waals surface area (Å²) in [5.41, 5.74) is 1.48. The zero-order valence-electron chi connectivity index (χ0n) is 20.2. The molecule has 2 aromatic carbocycles. The van der Waals surface area contributed by atoms with Crippen LogP contribution in [-0.2, 0) is 39.1 Å². The number of halogens is 1. The Bertz CT molecular complexity index is 1240. The summed E-state index contributed by atoms with van der Waals surface area (Å²) in [5, 5.41) is 2.77. The van der Waals surface area contributed by atoms with Crippen LogP contribution in [0.25, 0.3) is 0 Å². The molecule has 0 aliphatic carbocycles. The quantitative estimate of drug-likeness (QED) is 0.384. The van der Waals surface area contributed by atoms with E-state index < -0.39 is 16.1 Å². The molecule has 10 heteroatoms. The highest BCUT2D eigenvalue weighted by Crippen LogP contribution is 2.16. The van der Waals surface area contributed by atoms with Gasteiger partial charge in [-0.3, -0.25) is 9.59 Å². The molecule has 0 spiro atoms. The molecule has 0 saturated carbocycles. The second-order valence-electron chi connectivity index (χ2n) is 8.27. The van der Waals surface area contributed by atoms with Gasteiger partial charge in [0.2, 0.25) is 21.8 Å². The van der Waals surface area contributed by atoms with E-state index in [1.807, 2.05) is 0 Å². The summed E-state index contributed by atoms with van der Waals surface area (Å²) in [6, 6.07) is 14.8. The first-order valence-electron chi connectivity index (χ1n) is 11.6. The fourth-order valence-corrected chi connectivity index (χ4v) is 4.65. The molecule has 1 unspecified atom stereocenters. The monoisotopic (exact) mass is 515 g/mol. The number of hydrogen-bond donors (Lipinski definition) is 2. The highest BCUT2D eigenvalue weighted by atomic mass is 32.2. The van der Waals surface area contributed by atoms with Crippen molar-refractivity contribution in [2.75, 3.05) is 6.54 Å². The normalized spacial score (nSPS) is 12.2. The largest absolute Gasteiger partial charge is 0.467 e. The number of nitrogens with one attached hydrogen (secondary N) is 2. The fourth-order valence-electron chi connectivity index (χ4n) is 3.61. The molecule has 0 saturated heterocycles. The van der Waals surface area contributed by atoms with Gasteiger partial charge in [0.15, 0.2) is 0 Å². The summed E-state index contributed by atoms with van der Waals surface area (Å²) >= 11 is 0. The Kier molecular flexibility index (Phi) is 9.38. The minimum atomic E-state index is -3.56. The SMILES string of the molecule is CCNS(=O)(=O)c1ccc(CCC(=O)N(Cc2ccc(F)cc2)C(C)C(=O)NCc2ccco2)cc1. The molecule has 3 aromatic rings. The molecule has 8 nitrogen and oxygen atoms in total. The minimum absolute atomic E-state index is 0.107. The average Bonchev–Trinajstić information content (AvgIpc) is 3.39. The van der Waals surface area contributed by atoms with Crippen LogP contribution in [0.4, 0.5) is 4.39 Å². The predicted octanol–water partition coefficient (Wildman–Crippen LogP) is 3.38. The lowest BCUT2D eigenvalue weighted by Gasteiger charge is -2.29. The van der Waals surface area contributed by atoms with Crippen LogP contribution in [0.1, 0.15) is 37.2 Å². The second-order valence-corrected chi connectivity index (χ2v) is 10.0. The van der Waals surface area contributed by atoms with E-state index in [1.54, 1.807) is 50.2 Å². The molecule has 1 aromatic heterocycles. The minimum Gasteiger partial charge on any atom is -0.467 e. The molecule has 0 radical (unpaired) electrons. The van der Waals surface area contributed by atoms with Crippen molar-refractivity contribution in [2.24, 2.45) is 0 Å². The number of sulfonamides is 1. The average molecular weight is 516 g/mol. The third-order valence-corrected chi connectivity index (χ3v) is 7.21. The van der Waals surface area contributed by atoms with Gasteiger partial charge in [-0.1, -0.05) is 31.2 Å². The van der Waals surface area contributed by atoms with E-state index in [-0.39, 0.29) is 48.6 Å². The highest BCUT2D eigenvalue weighted by molar-refractivity contribution is 7.89. The van der Waals surface area contributed by atoms with Crippen LogP contribution in [0.3, 0.4) is 0 Å². The van der Waals surface area contributed by atoms with E-state index >= 15 is 0 Å². The first kappa shape index (κ1) is 27.1. The Labute approximate surface area is 210 Å². The Morgan fingerprint density at radius 3 is 2.31 bits per heavy atom. The molecule has 2 N–H and O–H groups in total. The number of aryl methyl sites for hydroxylation is 1. The molecule has 192 valence electrons. The van der Waals surface area contributed by atoms with Crippen molar-refractivity contribution in [1.82, 2.24) is 14.9 Å². The molecular formula is C26H30FN3O5S. The second kappa shape index (κ2) is 12.5. The summed E-state index contributed by atoms with van der Waals surface area (Å²) in [6.07, 6.45) is 1.98. The third kappa shape index (κ3) is 7.50. The maximum Gasteiger partial charge on any atom is 0.242 e. The maximum absolute atomic E-state index is 13.4. The number of nitrogens with zero attached hydrogens (tertiary/aromatic N) is 1. The summed E-state index contributed by atoms with van der Waals surface area (Å²) in [5.74, 6) is -0.406. The third-order valence-electron chi connectivity index (χ3n) is 5.65. The van der Waals surface area contributed by atoms with Crippen molar-refractivity contribution in [3.63, 3.8) is 0 Å². The van der Waals surface area contributed by atoms with Gasteiger partial charge >= 0.3 is 0 Å². The maximum atomic E-state index is 13.4. The van der Waals surface area contributed by atoms with E-state index in [0.717, 1.165) is 5.56 Å². The van der Waals surface area contributed by atoms with Crippen molar-refractivity contribution >= 4 is 21.8 Å². The van der Waals surface area contributed by atoms with Gasteiger partial charge in [-0.2, -0.15) is 0 Å². The topological polar surface area (TPSA) is 109 Å². The number of furan rings is 1. The van der Waals surface area contributed by atoms with Gasteiger partial charge in [-0.05, 0) is 60.9 Å². The van der Waals surface area contributed by atoms with Gasteiger partial charge < -0.3 is 14.6 Å². The predicted molar refractivity (Wildman–Crippen MR) is 133 cm³/mol. The lowest BCUT2D eigenvalue weighted by molar-refractivity contribution is -0.140. The number of amides is 2. The van der Waals surface area contributed by atoms with E-state index in [4.69, 9.17) is 4.42 Å². The zero-order chi connectivity index (χ0) is 26.1. The summed E-state index contributed by atoms with van der Waals surface area (Å²) in [4.78, 5) is 27.6. The molecule has 3 rings (SSSR count). The van der Waals surface area contributed by atoms with Crippen LogP contribution in [0, 0.1) is 5.82 Å². The zero-order valence-corrected chi connectivity index (χ0v) is 21.1. The Balaban J connectivity index is 1.69. The van der Waals surface area contributed by atoms with E-state index in [0.29, 0.717) is 17.7 Å². The standard InChI is InChI=1S/C26H30FN3O5S/c1-3-29-36(33,34)24-13-8-20(9-14-24)10-15-25(31)30(18-21-6-11-22(27)12-7-21)19(2)26(32)28-17-23-5-4-16-35-23/h4-9,11-14,16,19,29H,3,10,15,17-18H2,1-2H3,(H,28,32). The molecule has 36 heavy (non-hydrogen) atoms. The first-order valence-corrected chi connectivity index (χ1v) is 13.1. The number of carbonyl (C=O) groups excluding carboxylic acids is 2. The van der Waals surface area contributed by atoms with Gasteiger partial charge in [0, 0.05) is 19.5 Å². The van der Waals surface area contributed by atoms with Crippen LogP contribution in [-0.4, -0.2) is 37.7 Å². The molecule has 1 atom stereocenters. The molecule has 0 fully saturated rings. The van der Waals surface area contributed by atoms with Gasteiger partial charge in [-0.25, -0.2) is 17.5 Å². The highest BCUT2D eigenvalue weighted by Gasteiger charge is 2.26. The molecule has 0 aliphatic rings. The Morgan fingerprint density at radius 2 is 1.69 bits per heavy atom. The number of carbonyl (C=O) groups is 2. The first-order chi connectivity index (χ1) is 17.2. The summed E-state index contributed by atoms with van der Waals surface area (Å²) < 4.78 is 45.3. The van der Waals surface area contributed by atoms with Crippen LogP contribution < -0.4 is 10.0 Å². The molecule has 0 aliphatic heterocycles. The van der Waals surface area contributed by atoms with Crippen LogP contribution >= 0.6 is 0 Å². The molecular weight excluding hydrogens is 485 g/mol. The summed E-state index contributed by atoms with van der Waals surface area (Å²) in [6.45, 7) is 3.95. The molecule has 0 bridgehead atoms. The van der Waals surface area contributed by atoms with Crippen LogP contribution in [0.15, 0.2) is 76.2 Å². The van der Waals surface area contributed by atoms with E-state index in [2.05, 4.69) is 10.0 Å².